The molecule has 4 aromatic rings. The van der Waals surface area contributed by atoms with Crippen LogP contribution in [0, 0.1) is 13.8 Å². The number of carbonyl (C=O) groups is 1. The van der Waals surface area contributed by atoms with E-state index in [1.807, 2.05) is 57.4 Å². The average molecular weight is 448 g/mol. The van der Waals surface area contributed by atoms with E-state index in [9.17, 15) is 4.79 Å². The Bertz CT molecular complexity index is 1210. The van der Waals surface area contributed by atoms with E-state index in [1.165, 1.54) is 5.56 Å². The molecule has 32 heavy (non-hydrogen) atoms. The van der Waals surface area contributed by atoms with E-state index in [0.29, 0.717) is 18.8 Å². The Balaban J connectivity index is 1.58. The number of hydrogen-bond donors (Lipinski definition) is 0. The monoisotopic (exact) mass is 447 g/mol. The summed E-state index contributed by atoms with van der Waals surface area (Å²) < 4.78 is 2.05. The summed E-state index contributed by atoms with van der Waals surface area (Å²) in [7, 11) is 3.91. The number of pyridine rings is 1. The second kappa shape index (κ2) is 9.63. The van der Waals surface area contributed by atoms with Gasteiger partial charge in [0.1, 0.15) is 5.65 Å². The molecule has 4 rings (SSSR count). The van der Waals surface area contributed by atoms with Gasteiger partial charge < -0.3 is 9.30 Å². The number of nitrogens with zero attached hydrogens (tertiary/aromatic N) is 5. The molecule has 1 aromatic carbocycles. The van der Waals surface area contributed by atoms with Crippen LogP contribution in [0.4, 0.5) is 0 Å². The van der Waals surface area contributed by atoms with Crippen LogP contribution in [0.15, 0.2) is 54.0 Å². The van der Waals surface area contributed by atoms with Gasteiger partial charge in [0.2, 0.25) is 0 Å². The molecule has 0 radical (unpaired) electrons. The Labute approximate surface area is 193 Å². The number of amides is 1. The van der Waals surface area contributed by atoms with Gasteiger partial charge in [0, 0.05) is 38.3 Å². The third kappa shape index (κ3) is 4.89. The standard InChI is InChI=1S/C25H29N5OS/c1-18-9-8-13-30-22(16-28(3)15-21-17-32-19(2)26-21)23(27-24(18)30)25(31)29(4)14-12-20-10-6-5-7-11-20/h5-11,13,17H,12,14-16H2,1-4H3. The first-order valence-corrected chi connectivity index (χ1v) is 11.7. The number of likely N-dealkylation sites (N-methyl/N-ethyl adjacent to an activating group) is 1. The fourth-order valence-electron chi connectivity index (χ4n) is 3.87. The van der Waals surface area contributed by atoms with Crippen molar-refractivity contribution in [2.24, 2.45) is 0 Å². The van der Waals surface area contributed by atoms with Gasteiger partial charge in [-0.2, -0.15) is 0 Å². The van der Waals surface area contributed by atoms with Gasteiger partial charge in [0.15, 0.2) is 5.69 Å². The molecule has 0 aliphatic rings. The smallest absolute Gasteiger partial charge is 0.274 e. The van der Waals surface area contributed by atoms with E-state index in [2.05, 4.69) is 38.8 Å². The maximum Gasteiger partial charge on any atom is 0.274 e. The molecule has 3 aromatic heterocycles. The highest BCUT2D eigenvalue weighted by Gasteiger charge is 2.23. The van der Waals surface area contributed by atoms with Crippen molar-refractivity contribution in [3.63, 3.8) is 0 Å². The highest BCUT2D eigenvalue weighted by Crippen LogP contribution is 2.20. The zero-order valence-corrected chi connectivity index (χ0v) is 19.9. The largest absolute Gasteiger partial charge is 0.340 e. The average Bonchev–Trinajstić information content (AvgIpc) is 3.36. The quantitative estimate of drug-likeness (QED) is 0.403. The van der Waals surface area contributed by atoms with Crippen LogP contribution in [-0.2, 0) is 19.5 Å². The lowest BCUT2D eigenvalue weighted by Crippen LogP contribution is -2.31. The zero-order valence-electron chi connectivity index (χ0n) is 19.1. The van der Waals surface area contributed by atoms with Crippen molar-refractivity contribution in [3.05, 3.63) is 87.3 Å². The minimum atomic E-state index is -0.0445. The lowest BCUT2D eigenvalue weighted by molar-refractivity contribution is 0.0789. The van der Waals surface area contributed by atoms with Crippen LogP contribution < -0.4 is 0 Å². The van der Waals surface area contributed by atoms with Gasteiger partial charge >= 0.3 is 0 Å². The number of aryl methyl sites for hydroxylation is 2. The van der Waals surface area contributed by atoms with Gasteiger partial charge in [-0.3, -0.25) is 9.69 Å². The minimum Gasteiger partial charge on any atom is -0.340 e. The molecule has 0 unspecified atom stereocenters. The van der Waals surface area contributed by atoms with E-state index in [4.69, 9.17) is 4.98 Å². The number of hydrogen-bond acceptors (Lipinski definition) is 5. The summed E-state index contributed by atoms with van der Waals surface area (Å²) in [5.41, 5.74) is 5.59. The summed E-state index contributed by atoms with van der Waals surface area (Å²) in [6.07, 6.45) is 2.81. The van der Waals surface area contributed by atoms with Crippen LogP contribution in [0.5, 0.6) is 0 Å². The Hall–Kier alpha value is -3.03. The van der Waals surface area contributed by atoms with Crippen molar-refractivity contribution in [2.75, 3.05) is 20.6 Å². The van der Waals surface area contributed by atoms with Gasteiger partial charge in [-0.05, 0) is 44.5 Å². The Morgan fingerprint density at radius 3 is 2.53 bits per heavy atom. The van der Waals surface area contributed by atoms with Crippen molar-refractivity contribution in [1.82, 2.24) is 24.2 Å². The molecular formula is C25H29N5OS. The van der Waals surface area contributed by atoms with Crippen molar-refractivity contribution < 1.29 is 4.79 Å². The summed E-state index contributed by atoms with van der Waals surface area (Å²) in [5.74, 6) is -0.0445. The van der Waals surface area contributed by atoms with Gasteiger partial charge in [-0.1, -0.05) is 36.4 Å². The maximum atomic E-state index is 13.4. The van der Waals surface area contributed by atoms with E-state index < -0.39 is 0 Å². The summed E-state index contributed by atoms with van der Waals surface area (Å²) in [6, 6.07) is 14.3. The number of benzene rings is 1. The SMILES string of the molecule is Cc1nc(CN(C)Cc2c(C(=O)N(C)CCc3ccccc3)nc3c(C)cccn23)cs1. The third-order valence-electron chi connectivity index (χ3n) is 5.59. The molecule has 0 fully saturated rings. The molecule has 0 aliphatic carbocycles. The van der Waals surface area contributed by atoms with Gasteiger partial charge in [-0.15, -0.1) is 11.3 Å². The molecule has 3 heterocycles. The number of rotatable bonds is 8. The molecule has 166 valence electrons. The van der Waals surface area contributed by atoms with Crippen molar-refractivity contribution >= 4 is 22.9 Å². The second-order valence-corrected chi connectivity index (χ2v) is 9.35. The normalized spacial score (nSPS) is 11.4. The van der Waals surface area contributed by atoms with E-state index >= 15 is 0 Å². The lowest BCUT2D eigenvalue weighted by atomic mass is 10.1. The number of fused-ring (bicyclic) bond motifs is 1. The second-order valence-electron chi connectivity index (χ2n) is 8.28. The lowest BCUT2D eigenvalue weighted by Gasteiger charge is -2.19. The van der Waals surface area contributed by atoms with Crippen LogP contribution in [-0.4, -0.2) is 50.7 Å². The third-order valence-corrected chi connectivity index (χ3v) is 6.41. The molecule has 0 atom stereocenters. The molecule has 0 aliphatic heterocycles. The predicted molar refractivity (Wildman–Crippen MR) is 129 cm³/mol. The first kappa shape index (κ1) is 22.2. The van der Waals surface area contributed by atoms with E-state index in [-0.39, 0.29) is 5.91 Å². The van der Waals surface area contributed by atoms with Crippen LogP contribution in [0.1, 0.15) is 38.0 Å². The van der Waals surface area contributed by atoms with Crippen LogP contribution >= 0.6 is 11.3 Å². The Kier molecular flexibility index (Phi) is 6.67. The highest BCUT2D eigenvalue weighted by atomic mass is 32.1. The summed E-state index contributed by atoms with van der Waals surface area (Å²) in [6.45, 7) is 6.02. The zero-order chi connectivity index (χ0) is 22.7. The van der Waals surface area contributed by atoms with Crippen molar-refractivity contribution in [3.8, 4) is 0 Å². The number of thiazole rings is 1. The Morgan fingerprint density at radius 1 is 1.03 bits per heavy atom. The van der Waals surface area contributed by atoms with Gasteiger partial charge in [0.25, 0.3) is 5.91 Å². The fraction of sp³-hybridized carbons (Fsp3) is 0.320. The Morgan fingerprint density at radius 2 is 1.81 bits per heavy atom. The molecule has 6 nitrogen and oxygen atoms in total. The molecule has 1 amide bonds. The fourth-order valence-corrected chi connectivity index (χ4v) is 4.47. The highest BCUT2D eigenvalue weighted by molar-refractivity contribution is 7.09. The topological polar surface area (TPSA) is 53.7 Å². The van der Waals surface area contributed by atoms with E-state index in [1.54, 1.807) is 16.2 Å². The molecule has 7 heteroatoms. The molecular weight excluding hydrogens is 418 g/mol. The van der Waals surface area contributed by atoms with E-state index in [0.717, 1.165) is 40.6 Å². The predicted octanol–water partition coefficient (Wildman–Crippen LogP) is 4.35. The number of carbonyl (C=O) groups excluding carboxylic acids is 1. The van der Waals surface area contributed by atoms with Crippen LogP contribution in [0.25, 0.3) is 5.65 Å². The van der Waals surface area contributed by atoms with Crippen LogP contribution in [0.2, 0.25) is 0 Å². The summed E-state index contributed by atoms with van der Waals surface area (Å²) in [5, 5.41) is 3.16. The molecule has 0 N–H and O–H groups in total. The van der Waals surface area contributed by atoms with Gasteiger partial charge in [0.05, 0.1) is 16.4 Å². The summed E-state index contributed by atoms with van der Waals surface area (Å²) >= 11 is 1.66. The first-order chi connectivity index (χ1) is 15.4. The maximum absolute atomic E-state index is 13.4. The molecule has 0 spiro atoms. The minimum absolute atomic E-state index is 0.0445. The van der Waals surface area contributed by atoms with Crippen molar-refractivity contribution in [1.29, 1.82) is 0 Å². The van der Waals surface area contributed by atoms with Crippen molar-refractivity contribution in [2.45, 2.75) is 33.4 Å². The molecule has 0 saturated carbocycles. The van der Waals surface area contributed by atoms with Crippen LogP contribution in [0.3, 0.4) is 0 Å². The first-order valence-electron chi connectivity index (χ1n) is 10.8. The summed E-state index contributed by atoms with van der Waals surface area (Å²) in [4.78, 5) is 26.7. The van der Waals surface area contributed by atoms with Gasteiger partial charge in [-0.25, -0.2) is 9.97 Å². The number of aromatic nitrogens is 3. The molecule has 0 saturated heterocycles. The number of imidazole rings is 1. The molecule has 0 bridgehead atoms.